The van der Waals surface area contributed by atoms with Crippen LogP contribution in [0.3, 0.4) is 0 Å². The Balaban J connectivity index is 2.30. The number of rotatable bonds is 3. The third kappa shape index (κ3) is 2.79. The highest BCUT2D eigenvalue weighted by Crippen LogP contribution is 2.35. The first-order valence-corrected chi connectivity index (χ1v) is 6.89. The van der Waals surface area contributed by atoms with Crippen LogP contribution in [0.25, 0.3) is 0 Å². The van der Waals surface area contributed by atoms with E-state index < -0.39 is 0 Å². The van der Waals surface area contributed by atoms with E-state index in [1.807, 2.05) is 12.1 Å². The van der Waals surface area contributed by atoms with Gasteiger partial charge in [-0.1, -0.05) is 17.7 Å². The highest BCUT2D eigenvalue weighted by Gasteiger charge is 2.22. The molecule has 0 aromatic heterocycles. The summed E-state index contributed by atoms with van der Waals surface area (Å²) in [6.07, 6.45) is 0. The number of piperazine rings is 1. The van der Waals surface area contributed by atoms with Crippen LogP contribution in [0.2, 0.25) is 5.02 Å². The fourth-order valence-corrected chi connectivity index (χ4v) is 2.91. The largest absolute Gasteiger partial charge is 0.377 e. The molecule has 3 nitrogen and oxygen atoms in total. The molecule has 0 radical (unpaired) electrons. The molecular weight excluding hydrogens is 246 g/mol. The van der Waals surface area contributed by atoms with Crippen LogP contribution in [-0.4, -0.2) is 45.2 Å². The van der Waals surface area contributed by atoms with E-state index in [9.17, 15) is 0 Å². The average Bonchev–Trinajstić information content (AvgIpc) is 2.38. The van der Waals surface area contributed by atoms with Crippen LogP contribution < -0.4 is 10.2 Å². The fourth-order valence-electron chi connectivity index (χ4n) is 2.58. The summed E-state index contributed by atoms with van der Waals surface area (Å²) in [4.78, 5) is 4.63. The Morgan fingerprint density at radius 1 is 1.28 bits per heavy atom. The van der Waals surface area contributed by atoms with Crippen molar-refractivity contribution in [3.8, 4) is 0 Å². The Labute approximate surface area is 115 Å². The van der Waals surface area contributed by atoms with Gasteiger partial charge in [0.2, 0.25) is 0 Å². The van der Waals surface area contributed by atoms with E-state index in [4.69, 9.17) is 11.6 Å². The van der Waals surface area contributed by atoms with Gasteiger partial charge in [0.1, 0.15) is 0 Å². The van der Waals surface area contributed by atoms with Gasteiger partial charge in [-0.2, -0.15) is 0 Å². The molecule has 1 unspecified atom stereocenters. The van der Waals surface area contributed by atoms with Crippen molar-refractivity contribution in [1.29, 1.82) is 0 Å². The van der Waals surface area contributed by atoms with Gasteiger partial charge in [0.15, 0.2) is 0 Å². The van der Waals surface area contributed by atoms with Crippen molar-refractivity contribution in [2.24, 2.45) is 0 Å². The molecule has 1 heterocycles. The van der Waals surface area contributed by atoms with E-state index in [2.05, 4.69) is 42.2 Å². The summed E-state index contributed by atoms with van der Waals surface area (Å²) in [5, 5.41) is 4.26. The standard InChI is InChI=1S/C14H22ClN3/c1-11(18-9-7-16-8-10-18)14-12(15)5-4-6-13(14)17(2)3/h4-6,11,16H,7-10H2,1-3H3. The maximum atomic E-state index is 6.42. The minimum absolute atomic E-state index is 0.359. The van der Waals surface area contributed by atoms with E-state index in [0.717, 1.165) is 31.2 Å². The minimum Gasteiger partial charge on any atom is -0.377 e. The topological polar surface area (TPSA) is 18.5 Å². The second-order valence-electron chi connectivity index (χ2n) is 5.03. The normalized spacial score (nSPS) is 18.7. The first kappa shape index (κ1) is 13.7. The fraction of sp³-hybridized carbons (Fsp3) is 0.571. The van der Waals surface area contributed by atoms with E-state index in [1.165, 1.54) is 11.3 Å². The van der Waals surface area contributed by atoms with Crippen molar-refractivity contribution >= 4 is 17.3 Å². The van der Waals surface area contributed by atoms with Crippen LogP contribution in [0.4, 0.5) is 5.69 Å². The molecule has 1 aliphatic heterocycles. The van der Waals surface area contributed by atoms with Crippen LogP contribution >= 0.6 is 11.6 Å². The molecule has 0 saturated carbocycles. The van der Waals surface area contributed by atoms with Gasteiger partial charge >= 0.3 is 0 Å². The van der Waals surface area contributed by atoms with Gasteiger partial charge in [0.05, 0.1) is 0 Å². The first-order chi connectivity index (χ1) is 8.61. The monoisotopic (exact) mass is 267 g/mol. The molecule has 0 aliphatic carbocycles. The molecule has 1 N–H and O–H groups in total. The lowest BCUT2D eigenvalue weighted by Gasteiger charge is -2.35. The van der Waals surface area contributed by atoms with Crippen molar-refractivity contribution in [3.05, 3.63) is 28.8 Å². The van der Waals surface area contributed by atoms with Crippen LogP contribution in [-0.2, 0) is 0 Å². The van der Waals surface area contributed by atoms with Gasteiger partial charge in [0, 0.05) is 62.6 Å². The lowest BCUT2D eigenvalue weighted by molar-refractivity contribution is 0.186. The summed E-state index contributed by atoms with van der Waals surface area (Å²) in [6, 6.07) is 6.51. The van der Waals surface area contributed by atoms with Gasteiger partial charge in [0.25, 0.3) is 0 Å². The number of hydrogen-bond donors (Lipinski definition) is 1. The van der Waals surface area contributed by atoms with Crippen LogP contribution in [0.5, 0.6) is 0 Å². The molecule has 2 rings (SSSR count). The summed E-state index contributed by atoms with van der Waals surface area (Å²) in [5.41, 5.74) is 2.46. The van der Waals surface area contributed by atoms with Crippen molar-refractivity contribution in [3.63, 3.8) is 0 Å². The van der Waals surface area contributed by atoms with Gasteiger partial charge in [-0.15, -0.1) is 0 Å². The molecule has 0 bridgehead atoms. The second-order valence-corrected chi connectivity index (χ2v) is 5.44. The quantitative estimate of drug-likeness (QED) is 0.907. The number of anilines is 1. The molecule has 1 fully saturated rings. The highest BCUT2D eigenvalue weighted by molar-refractivity contribution is 6.31. The number of nitrogens with zero attached hydrogens (tertiary/aromatic N) is 2. The lowest BCUT2D eigenvalue weighted by Crippen LogP contribution is -2.44. The molecule has 100 valence electrons. The highest BCUT2D eigenvalue weighted by atomic mass is 35.5. The predicted octanol–water partition coefficient (Wildman–Crippen LogP) is 2.37. The Morgan fingerprint density at radius 3 is 2.56 bits per heavy atom. The molecule has 1 aliphatic rings. The molecule has 1 aromatic carbocycles. The van der Waals surface area contributed by atoms with Crippen molar-refractivity contribution in [2.75, 3.05) is 45.2 Å². The Morgan fingerprint density at radius 2 is 1.94 bits per heavy atom. The van der Waals surface area contributed by atoms with Crippen LogP contribution in [0.15, 0.2) is 18.2 Å². The third-order valence-corrected chi connectivity index (χ3v) is 3.96. The van der Waals surface area contributed by atoms with Crippen molar-refractivity contribution in [2.45, 2.75) is 13.0 Å². The average molecular weight is 268 g/mol. The van der Waals surface area contributed by atoms with Crippen molar-refractivity contribution < 1.29 is 0 Å². The predicted molar refractivity (Wildman–Crippen MR) is 78.6 cm³/mol. The molecular formula is C14H22ClN3. The van der Waals surface area contributed by atoms with E-state index >= 15 is 0 Å². The molecule has 18 heavy (non-hydrogen) atoms. The number of halogens is 1. The number of hydrogen-bond acceptors (Lipinski definition) is 3. The molecule has 1 aromatic rings. The third-order valence-electron chi connectivity index (χ3n) is 3.63. The van der Waals surface area contributed by atoms with Crippen molar-refractivity contribution in [1.82, 2.24) is 10.2 Å². The maximum Gasteiger partial charge on any atom is 0.0474 e. The van der Waals surface area contributed by atoms with Crippen LogP contribution in [0.1, 0.15) is 18.5 Å². The smallest absolute Gasteiger partial charge is 0.0474 e. The van der Waals surface area contributed by atoms with E-state index in [1.54, 1.807) is 0 Å². The Kier molecular flexibility index (Phi) is 4.49. The SMILES string of the molecule is CC(c1c(Cl)cccc1N(C)C)N1CCNCC1. The Bertz CT molecular complexity index is 400. The van der Waals surface area contributed by atoms with Gasteiger partial charge in [-0.05, 0) is 19.1 Å². The van der Waals surface area contributed by atoms with E-state index in [-0.39, 0.29) is 0 Å². The molecule has 0 amide bonds. The summed E-state index contributed by atoms with van der Waals surface area (Å²) < 4.78 is 0. The minimum atomic E-state index is 0.359. The maximum absolute atomic E-state index is 6.42. The molecule has 1 saturated heterocycles. The van der Waals surface area contributed by atoms with Crippen LogP contribution in [0, 0.1) is 0 Å². The van der Waals surface area contributed by atoms with Gasteiger partial charge < -0.3 is 10.2 Å². The summed E-state index contributed by atoms with van der Waals surface area (Å²) >= 11 is 6.42. The summed E-state index contributed by atoms with van der Waals surface area (Å²) in [7, 11) is 4.14. The number of nitrogens with one attached hydrogen (secondary N) is 1. The summed E-state index contributed by atoms with van der Waals surface area (Å²) in [5.74, 6) is 0. The zero-order valence-electron chi connectivity index (χ0n) is 11.4. The Hall–Kier alpha value is -0.770. The van der Waals surface area contributed by atoms with E-state index in [0.29, 0.717) is 6.04 Å². The molecule has 0 spiro atoms. The lowest BCUT2D eigenvalue weighted by atomic mass is 10.0. The van der Waals surface area contributed by atoms with Gasteiger partial charge in [-0.3, -0.25) is 4.90 Å². The first-order valence-electron chi connectivity index (χ1n) is 6.51. The zero-order valence-corrected chi connectivity index (χ0v) is 12.2. The molecule has 4 heteroatoms. The zero-order chi connectivity index (χ0) is 13.1. The second kappa shape index (κ2) is 5.91. The summed E-state index contributed by atoms with van der Waals surface area (Å²) in [6.45, 7) is 6.54. The number of benzene rings is 1. The molecule has 1 atom stereocenters. The van der Waals surface area contributed by atoms with Gasteiger partial charge in [-0.25, -0.2) is 0 Å².